The summed E-state index contributed by atoms with van der Waals surface area (Å²) in [6, 6.07) is 10.3. The van der Waals surface area contributed by atoms with E-state index in [9.17, 15) is 0 Å². The number of aryl methyl sites for hydroxylation is 2. The van der Waals surface area contributed by atoms with Crippen molar-refractivity contribution in [3.05, 3.63) is 57.0 Å². The van der Waals surface area contributed by atoms with Crippen molar-refractivity contribution in [3.8, 4) is 10.6 Å². The highest BCUT2D eigenvalue weighted by Crippen LogP contribution is 2.28. The minimum Gasteiger partial charge on any atom is -0.357 e. The van der Waals surface area contributed by atoms with Crippen LogP contribution < -0.4 is 10.6 Å². The molecule has 0 aliphatic heterocycles. The number of guanidine groups is 1. The number of halogens is 1. The largest absolute Gasteiger partial charge is 0.357 e. The number of rotatable bonds is 6. The molecule has 3 aromatic rings. The normalized spacial score (nSPS) is 11.1. The molecule has 2 N–H and O–H groups in total. The average Bonchev–Trinajstić information content (AvgIpc) is 3.24. The summed E-state index contributed by atoms with van der Waals surface area (Å²) in [5.41, 5.74) is 2.20. The van der Waals surface area contributed by atoms with E-state index in [1.807, 2.05) is 31.3 Å². The number of aromatic nitrogens is 2. The highest BCUT2D eigenvalue weighted by atomic mass is 127. The number of benzene rings is 1. The summed E-state index contributed by atoms with van der Waals surface area (Å²) in [5.74, 6) is 0.800. The van der Waals surface area contributed by atoms with E-state index >= 15 is 0 Å². The van der Waals surface area contributed by atoms with Gasteiger partial charge in [0.2, 0.25) is 0 Å². The van der Waals surface area contributed by atoms with Crippen molar-refractivity contribution in [3.63, 3.8) is 0 Å². The van der Waals surface area contributed by atoms with E-state index in [-0.39, 0.29) is 24.0 Å². The molecule has 2 heterocycles. The minimum absolute atomic E-state index is 0. The maximum absolute atomic E-state index is 4.72. The third kappa shape index (κ3) is 6.25. The van der Waals surface area contributed by atoms with Gasteiger partial charge in [0.25, 0.3) is 0 Å². The van der Waals surface area contributed by atoms with Crippen molar-refractivity contribution in [1.82, 2.24) is 20.6 Å². The van der Waals surface area contributed by atoms with Crippen molar-refractivity contribution in [2.45, 2.75) is 33.9 Å². The van der Waals surface area contributed by atoms with Gasteiger partial charge in [-0.1, -0.05) is 30.3 Å². The predicted molar refractivity (Wildman–Crippen MR) is 126 cm³/mol. The Balaban J connectivity index is 0.00000261. The SMILES string of the molecule is CCNC(=NCc1sc(-c2ccccc2)nc1C)NCc1ncc(C)s1.I. The van der Waals surface area contributed by atoms with Crippen LogP contribution in [-0.2, 0) is 13.1 Å². The molecular formula is C19H24IN5S2. The van der Waals surface area contributed by atoms with E-state index in [2.05, 4.69) is 41.6 Å². The molecule has 0 saturated heterocycles. The summed E-state index contributed by atoms with van der Waals surface area (Å²) < 4.78 is 0. The Morgan fingerprint density at radius 2 is 1.89 bits per heavy atom. The Bertz CT molecular complexity index is 873. The molecule has 0 spiro atoms. The van der Waals surface area contributed by atoms with E-state index in [0.29, 0.717) is 13.1 Å². The van der Waals surface area contributed by atoms with Gasteiger partial charge < -0.3 is 10.6 Å². The van der Waals surface area contributed by atoms with Gasteiger partial charge >= 0.3 is 0 Å². The molecule has 0 aliphatic carbocycles. The summed E-state index contributed by atoms with van der Waals surface area (Å²) in [6.45, 7) is 8.30. The van der Waals surface area contributed by atoms with E-state index in [4.69, 9.17) is 9.98 Å². The van der Waals surface area contributed by atoms with Crippen LogP contribution in [0.4, 0.5) is 0 Å². The molecule has 2 aromatic heterocycles. The zero-order valence-corrected chi connectivity index (χ0v) is 19.6. The van der Waals surface area contributed by atoms with Crippen molar-refractivity contribution >= 4 is 52.6 Å². The number of nitrogens with zero attached hydrogens (tertiary/aromatic N) is 3. The second-order valence-corrected chi connectivity index (χ2v) is 8.21. The topological polar surface area (TPSA) is 62.2 Å². The summed E-state index contributed by atoms with van der Waals surface area (Å²) in [6.07, 6.45) is 1.90. The molecule has 0 aliphatic rings. The van der Waals surface area contributed by atoms with E-state index in [0.717, 1.165) is 33.8 Å². The maximum atomic E-state index is 4.72. The van der Waals surface area contributed by atoms with E-state index in [1.54, 1.807) is 22.7 Å². The fourth-order valence-electron chi connectivity index (χ4n) is 2.41. The average molecular weight is 513 g/mol. The van der Waals surface area contributed by atoms with Crippen LogP contribution in [0.3, 0.4) is 0 Å². The van der Waals surface area contributed by atoms with Crippen molar-refractivity contribution < 1.29 is 0 Å². The van der Waals surface area contributed by atoms with Crippen molar-refractivity contribution in [2.75, 3.05) is 6.54 Å². The molecule has 0 amide bonds. The molecule has 27 heavy (non-hydrogen) atoms. The lowest BCUT2D eigenvalue weighted by Crippen LogP contribution is -2.36. The van der Waals surface area contributed by atoms with Gasteiger partial charge in [0.15, 0.2) is 5.96 Å². The number of thiazole rings is 2. The van der Waals surface area contributed by atoms with E-state index in [1.165, 1.54) is 9.75 Å². The van der Waals surface area contributed by atoms with Gasteiger partial charge in [-0.2, -0.15) is 0 Å². The number of hydrogen-bond acceptors (Lipinski definition) is 5. The first-order valence-corrected chi connectivity index (χ1v) is 10.2. The van der Waals surface area contributed by atoms with Crippen LogP contribution in [0, 0.1) is 13.8 Å². The lowest BCUT2D eigenvalue weighted by Gasteiger charge is -2.09. The Labute approximate surface area is 185 Å². The summed E-state index contributed by atoms with van der Waals surface area (Å²) in [7, 11) is 0. The standard InChI is InChI=1S/C19H23N5S2.HI/c1-4-20-19(23-12-17-21-10-13(2)25-17)22-11-16-14(3)24-18(26-16)15-8-6-5-7-9-15;/h5-10H,4,11-12H2,1-3H3,(H2,20,22,23);1H. The van der Waals surface area contributed by atoms with Crippen molar-refractivity contribution in [2.24, 2.45) is 4.99 Å². The smallest absolute Gasteiger partial charge is 0.191 e. The minimum atomic E-state index is 0. The van der Waals surface area contributed by atoms with Gasteiger partial charge in [-0.25, -0.2) is 15.0 Å². The number of hydrogen-bond donors (Lipinski definition) is 2. The second kappa shape index (κ2) is 10.7. The Morgan fingerprint density at radius 3 is 2.56 bits per heavy atom. The lowest BCUT2D eigenvalue weighted by molar-refractivity contribution is 0.812. The van der Waals surface area contributed by atoms with Crippen LogP contribution in [-0.4, -0.2) is 22.5 Å². The zero-order valence-electron chi connectivity index (χ0n) is 15.7. The third-order valence-electron chi connectivity index (χ3n) is 3.71. The molecule has 1 aromatic carbocycles. The molecule has 0 bridgehead atoms. The van der Waals surface area contributed by atoms with Gasteiger partial charge in [0.1, 0.15) is 10.0 Å². The van der Waals surface area contributed by atoms with Gasteiger partial charge in [-0.3, -0.25) is 0 Å². The molecule has 5 nitrogen and oxygen atoms in total. The molecule has 0 atom stereocenters. The second-order valence-electron chi connectivity index (χ2n) is 5.81. The first kappa shape index (κ1) is 21.8. The van der Waals surface area contributed by atoms with Crippen LogP contribution >= 0.6 is 46.7 Å². The Hall–Kier alpha value is -1.52. The van der Waals surface area contributed by atoms with Crippen LogP contribution in [0.15, 0.2) is 41.5 Å². The summed E-state index contributed by atoms with van der Waals surface area (Å²) in [4.78, 5) is 16.2. The third-order valence-corrected chi connectivity index (χ3v) is 5.82. The first-order chi connectivity index (χ1) is 12.7. The Morgan fingerprint density at radius 1 is 1.11 bits per heavy atom. The molecule has 0 saturated carbocycles. The number of aliphatic imine (C=N–C) groups is 1. The summed E-state index contributed by atoms with van der Waals surface area (Å²) in [5, 5.41) is 8.75. The van der Waals surface area contributed by atoms with Gasteiger partial charge in [-0.15, -0.1) is 46.7 Å². The molecule has 144 valence electrons. The first-order valence-electron chi connectivity index (χ1n) is 8.61. The molecular weight excluding hydrogens is 489 g/mol. The van der Waals surface area contributed by atoms with E-state index < -0.39 is 0 Å². The fraction of sp³-hybridized carbons (Fsp3) is 0.316. The van der Waals surface area contributed by atoms with Gasteiger partial charge in [0.05, 0.1) is 18.8 Å². The molecule has 0 radical (unpaired) electrons. The molecule has 0 fully saturated rings. The van der Waals surface area contributed by atoms with Gasteiger partial charge in [-0.05, 0) is 20.8 Å². The quantitative estimate of drug-likeness (QED) is 0.284. The molecule has 3 rings (SSSR count). The van der Waals surface area contributed by atoms with Crippen LogP contribution in [0.25, 0.3) is 10.6 Å². The molecule has 0 unspecified atom stereocenters. The summed E-state index contributed by atoms with van der Waals surface area (Å²) >= 11 is 3.41. The monoisotopic (exact) mass is 513 g/mol. The highest BCUT2D eigenvalue weighted by Gasteiger charge is 2.09. The highest BCUT2D eigenvalue weighted by molar-refractivity contribution is 14.0. The lowest BCUT2D eigenvalue weighted by atomic mass is 10.2. The van der Waals surface area contributed by atoms with Crippen LogP contribution in [0.1, 0.15) is 27.4 Å². The predicted octanol–water partition coefficient (Wildman–Crippen LogP) is 4.76. The zero-order chi connectivity index (χ0) is 18.4. The fourth-order valence-corrected chi connectivity index (χ4v) is 4.13. The number of nitrogens with one attached hydrogen (secondary N) is 2. The van der Waals surface area contributed by atoms with Crippen LogP contribution in [0.2, 0.25) is 0 Å². The van der Waals surface area contributed by atoms with Crippen LogP contribution in [0.5, 0.6) is 0 Å². The maximum Gasteiger partial charge on any atom is 0.191 e. The molecule has 8 heteroatoms. The van der Waals surface area contributed by atoms with Crippen molar-refractivity contribution in [1.29, 1.82) is 0 Å². The Kier molecular flexibility index (Phi) is 8.65. The van der Waals surface area contributed by atoms with Gasteiger partial charge in [0, 0.05) is 28.1 Å².